The zero-order valence-electron chi connectivity index (χ0n) is 16.6. The molecule has 0 unspecified atom stereocenters. The van der Waals surface area contributed by atoms with Gasteiger partial charge in [0.05, 0.1) is 5.56 Å². The molecular weight excluding hydrogens is 405 g/mol. The highest BCUT2D eigenvalue weighted by molar-refractivity contribution is 6.01. The van der Waals surface area contributed by atoms with Gasteiger partial charge in [0.15, 0.2) is 5.78 Å². The lowest BCUT2D eigenvalue weighted by Gasteiger charge is -2.08. The first-order valence-corrected chi connectivity index (χ1v) is 9.42. The molecule has 0 radical (unpaired) electrons. The third-order valence-corrected chi connectivity index (χ3v) is 4.42. The maximum absolute atomic E-state index is 12.8. The van der Waals surface area contributed by atoms with Crippen LogP contribution in [0.3, 0.4) is 0 Å². The van der Waals surface area contributed by atoms with Gasteiger partial charge in [0.1, 0.15) is 5.82 Å². The summed E-state index contributed by atoms with van der Waals surface area (Å²) in [5.74, 6) is -0.826. The highest BCUT2D eigenvalue weighted by Gasteiger charge is 2.30. The fourth-order valence-electron chi connectivity index (χ4n) is 2.93. The molecule has 158 valence electrons. The van der Waals surface area contributed by atoms with Crippen molar-refractivity contribution in [2.45, 2.75) is 19.5 Å². The second-order valence-electron chi connectivity index (χ2n) is 6.96. The lowest BCUT2D eigenvalue weighted by atomic mass is 10.00. The van der Waals surface area contributed by atoms with Crippen LogP contribution in [0.1, 0.15) is 32.6 Å². The van der Waals surface area contributed by atoms with Crippen LogP contribution in [0.2, 0.25) is 0 Å². The van der Waals surface area contributed by atoms with Crippen LogP contribution in [0.25, 0.3) is 6.08 Å². The Morgan fingerprint density at radius 3 is 2.55 bits per heavy atom. The second kappa shape index (κ2) is 9.38. The summed E-state index contributed by atoms with van der Waals surface area (Å²) in [4.78, 5) is 28.3. The van der Waals surface area contributed by atoms with Gasteiger partial charge in [-0.2, -0.15) is 13.2 Å². The summed E-state index contributed by atoms with van der Waals surface area (Å²) in [5, 5.41) is 2.31. The molecule has 1 amide bonds. The number of pyridine rings is 1. The molecule has 0 saturated heterocycles. The van der Waals surface area contributed by atoms with Crippen LogP contribution in [0.5, 0.6) is 0 Å². The fourth-order valence-corrected chi connectivity index (χ4v) is 2.93. The minimum absolute atomic E-state index is 0.0156. The molecule has 7 heteroatoms. The smallest absolute Gasteiger partial charge is 0.307 e. The van der Waals surface area contributed by atoms with Crippen molar-refractivity contribution in [1.29, 1.82) is 0 Å². The zero-order chi connectivity index (χ0) is 22.4. The average molecular weight is 424 g/mol. The number of ketones is 1. The van der Waals surface area contributed by atoms with E-state index in [0.29, 0.717) is 11.1 Å². The van der Waals surface area contributed by atoms with Crippen LogP contribution in [0.4, 0.5) is 19.0 Å². The first-order chi connectivity index (χ1) is 14.7. The van der Waals surface area contributed by atoms with Crippen LogP contribution < -0.4 is 5.32 Å². The number of benzene rings is 2. The first-order valence-electron chi connectivity index (χ1n) is 9.42. The third kappa shape index (κ3) is 6.37. The summed E-state index contributed by atoms with van der Waals surface area (Å²) >= 11 is 0. The molecular formula is C24H19F3N2O2. The fraction of sp³-hybridized carbons (Fsp3) is 0.125. The second-order valence-corrected chi connectivity index (χ2v) is 6.96. The molecule has 0 atom stereocenters. The average Bonchev–Trinajstić information content (AvgIpc) is 2.72. The van der Waals surface area contributed by atoms with Crippen molar-refractivity contribution in [2.24, 2.45) is 0 Å². The van der Waals surface area contributed by atoms with E-state index in [4.69, 9.17) is 0 Å². The normalized spacial score (nSPS) is 11.5. The van der Waals surface area contributed by atoms with Crippen molar-refractivity contribution in [1.82, 2.24) is 4.98 Å². The predicted octanol–water partition coefficient (Wildman–Crippen LogP) is 5.49. The van der Waals surface area contributed by atoms with Crippen LogP contribution >= 0.6 is 0 Å². The van der Waals surface area contributed by atoms with Gasteiger partial charge in [-0.1, -0.05) is 48.0 Å². The summed E-state index contributed by atoms with van der Waals surface area (Å²) in [7, 11) is 0. The Labute approximate surface area is 177 Å². The number of alkyl halides is 3. The first kappa shape index (κ1) is 22.0. The van der Waals surface area contributed by atoms with Crippen molar-refractivity contribution in [2.75, 3.05) is 5.32 Å². The molecule has 1 heterocycles. The maximum atomic E-state index is 12.8. The van der Waals surface area contributed by atoms with Crippen molar-refractivity contribution >= 4 is 23.6 Å². The molecule has 31 heavy (non-hydrogen) atoms. The SMILES string of the molecule is Cc1cccc(C(=O)Cc2cccc(/C=C/C(=O)Nc3cc(C(F)(F)F)ccn3)c2)c1. The number of amides is 1. The molecule has 0 aliphatic carbocycles. The summed E-state index contributed by atoms with van der Waals surface area (Å²) in [6.07, 6.45) is -0.607. The van der Waals surface area contributed by atoms with Gasteiger partial charge >= 0.3 is 6.18 Å². The summed E-state index contributed by atoms with van der Waals surface area (Å²) < 4.78 is 38.3. The molecule has 0 aliphatic rings. The Morgan fingerprint density at radius 1 is 1.03 bits per heavy atom. The van der Waals surface area contributed by atoms with Gasteiger partial charge in [0.25, 0.3) is 0 Å². The number of carbonyl (C=O) groups is 2. The molecule has 1 N–H and O–H groups in total. The largest absolute Gasteiger partial charge is 0.416 e. The molecule has 0 fully saturated rings. The van der Waals surface area contributed by atoms with E-state index >= 15 is 0 Å². The number of nitrogens with zero attached hydrogens (tertiary/aromatic N) is 1. The van der Waals surface area contributed by atoms with Gasteiger partial charge in [-0.25, -0.2) is 4.98 Å². The number of hydrogen-bond donors (Lipinski definition) is 1. The quantitative estimate of drug-likeness (QED) is 0.421. The van der Waals surface area contributed by atoms with E-state index < -0.39 is 17.6 Å². The van der Waals surface area contributed by atoms with Crippen molar-refractivity contribution in [3.63, 3.8) is 0 Å². The Bertz CT molecular complexity index is 1140. The number of halogens is 3. The molecule has 1 aromatic heterocycles. The number of nitrogens with one attached hydrogen (secondary N) is 1. The van der Waals surface area contributed by atoms with Crippen molar-refractivity contribution < 1.29 is 22.8 Å². The van der Waals surface area contributed by atoms with Gasteiger partial charge < -0.3 is 5.32 Å². The van der Waals surface area contributed by atoms with Crippen LogP contribution in [0, 0.1) is 6.92 Å². The molecule has 3 rings (SSSR count). The standard InChI is InChI=1S/C24H19F3N2O2/c1-16-4-2-7-19(12-16)21(30)14-18-6-3-5-17(13-18)8-9-23(31)29-22-15-20(10-11-28-22)24(25,26)27/h2-13,15H,14H2,1H3,(H,28,29,31)/b9-8+. The van der Waals surface area contributed by atoms with Crippen LogP contribution in [-0.4, -0.2) is 16.7 Å². The van der Waals surface area contributed by atoms with E-state index in [0.717, 1.165) is 29.5 Å². The van der Waals surface area contributed by atoms with E-state index in [-0.39, 0.29) is 18.0 Å². The third-order valence-electron chi connectivity index (χ3n) is 4.42. The number of rotatable bonds is 6. The summed E-state index contributed by atoms with van der Waals surface area (Å²) in [6, 6.07) is 16.1. The topological polar surface area (TPSA) is 59.1 Å². The summed E-state index contributed by atoms with van der Waals surface area (Å²) in [5.41, 5.74) is 2.21. The molecule has 0 saturated carbocycles. The van der Waals surface area contributed by atoms with E-state index in [1.165, 1.54) is 12.2 Å². The molecule has 0 spiro atoms. The maximum Gasteiger partial charge on any atom is 0.416 e. The molecule has 0 bridgehead atoms. The number of carbonyl (C=O) groups excluding carboxylic acids is 2. The lowest BCUT2D eigenvalue weighted by molar-refractivity contribution is -0.137. The van der Waals surface area contributed by atoms with E-state index in [9.17, 15) is 22.8 Å². The molecule has 2 aromatic carbocycles. The van der Waals surface area contributed by atoms with Gasteiger partial charge in [0.2, 0.25) is 5.91 Å². The zero-order valence-corrected chi connectivity index (χ0v) is 16.6. The highest BCUT2D eigenvalue weighted by atomic mass is 19.4. The van der Waals surface area contributed by atoms with E-state index in [1.807, 2.05) is 31.2 Å². The van der Waals surface area contributed by atoms with Crippen LogP contribution in [0.15, 0.2) is 72.9 Å². The Balaban J connectivity index is 1.65. The van der Waals surface area contributed by atoms with E-state index in [2.05, 4.69) is 10.3 Å². The van der Waals surface area contributed by atoms with Gasteiger partial charge in [-0.15, -0.1) is 0 Å². The Hall–Kier alpha value is -3.74. The Morgan fingerprint density at radius 2 is 1.81 bits per heavy atom. The van der Waals surface area contributed by atoms with E-state index in [1.54, 1.807) is 24.3 Å². The van der Waals surface area contributed by atoms with Crippen LogP contribution in [-0.2, 0) is 17.4 Å². The lowest BCUT2D eigenvalue weighted by Crippen LogP contribution is -2.11. The minimum Gasteiger partial charge on any atom is -0.307 e. The minimum atomic E-state index is -4.52. The van der Waals surface area contributed by atoms with Gasteiger partial charge in [0, 0.05) is 24.3 Å². The number of aryl methyl sites for hydroxylation is 1. The number of Topliss-reactive ketones (excluding diaryl/α,β-unsaturated/α-hetero) is 1. The molecule has 0 aliphatic heterocycles. The van der Waals surface area contributed by atoms with Gasteiger partial charge in [-0.05, 0) is 42.3 Å². The number of hydrogen-bond acceptors (Lipinski definition) is 3. The number of anilines is 1. The molecule has 4 nitrogen and oxygen atoms in total. The van der Waals surface area contributed by atoms with Crippen molar-refractivity contribution in [3.8, 4) is 0 Å². The number of aromatic nitrogens is 1. The monoisotopic (exact) mass is 424 g/mol. The summed E-state index contributed by atoms with van der Waals surface area (Å²) in [6.45, 7) is 1.92. The molecule has 3 aromatic rings. The van der Waals surface area contributed by atoms with Gasteiger partial charge in [-0.3, -0.25) is 9.59 Å². The van der Waals surface area contributed by atoms with Crippen molar-refractivity contribution in [3.05, 3.63) is 101 Å². The predicted molar refractivity (Wildman–Crippen MR) is 113 cm³/mol. The Kier molecular flexibility index (Phi) is 6.65. The highest BCUT2D eigenvalue weighted by Crippen LogP contribution is 2.29.